The van der Waals surface area contributed by atoms with Crippen LogP contribution in [0.2, 0.25) is 5.02 Å². The molecule has 21 heavy (non-hydrogen) atoms. The predicted octanol–water partition coefficient (Wildman–Crippen LogP) is 4.70. The summed E-state index contributed by atoms with van der Waals surface area (Å²) < 4.78 is 53.4. The van der Waals surface area contributed by atoms with E-state index in [0.29, 0.717) is 0 Å². The fourth-order valence-corrected chi connectivity index (χ4v) is 1.76. The lowest BCUT2D eigenvalue weighted by Crippen LogP contribution is -2.17. The molecule has 2 aromatic carbocycles. The normalized spacial score (nSPS) is 11.3. The van der Waals surface area contributed by atoms with Crippen molar-refractivity contribution in [2.24, 2.45) is 0 Å². The third kappa shape index (κ3) is 4.16. The largest absolute Gasteiger partial charge is 0.573 e. The number of hydrogen-bond donors (Lipinski definition) is 2. The molecule has 8 heteroatoms. The first kappa shape index (κ1) is 15.2. The Hall–Kier alpha value is -2.15. The second kappa shape index (κ2) is 5.69. The number of halogens is 5. The molecule has 0 aliphatic rings. The fourth-order valence-electron chi connectivity index (χ4n) is 1.60. The van der Waals surface area contributed by atoms with Crippen LogP contribution < -0.4 is 15.8 Å². The molecule has 0 heterocycles. The number of benzene rings is 2. The van der Waals surface area contributed by atoms with Crippen LogP contribution in [0.15, 0.2) is 36.4 Å². The maximum atomic E-state index is 13.2. The van der Waals surface area contributed by atoms with Gasteiger partial charge in [-0.1, -0.05) is 17.7 Å². The summed E-state index contributed by atoms with van der Waals surface area (Å²) in [5, 5.41) is 2.58. The Kier molecular flexibility index (Phi) is 4.13. The van der Waals surface area contributed by atoms with Crippen molar-refractivity contribution < 1.29 is 22.3 Å². The summed E-state index contributed by atoms with van der Waals surface area (Å²) in [5.74, 6) is -1.08. The zero-order valence-electron chi connectivity index (χ0n) is 10.3. The molecular weight excluding hydrogens is 312 g/mol. The van der Waals surface area contributed by atoms with E-state index in [1.165, 1.54) is 18.2 Å². The molecule has 0 radical (unpaired) electrons. The highest BCUT2D eigenvalue weighted by atomic mass is 35.5. The average Bonchev–Trinajstić information content (AvgIpc) is 2.34. The minimum absolute atomic E-state index is 0.0686. The van der Waals surface area contributed by atoms with E-state index in [1.54, 1.807) is 0 Å². The first-order chi connectivity index (χ1) is 9.74. The van der Waals surface area contributed by atoms with Crippen molar-refractivity contribution in [3.8, 4) is 5.75 Å². The van der Waals surface area contributed by atoms with Crippen molar-refractivity contribution in [3.05, 3.63) is 47.2 Å². The van der Waals surface area contributed by atoms with E-state index in [9.17, 15) is 17.6 Å². The summed E-state index contributed by atoms with van der Waals surface area (Å²) in [6.45, 7) is 0. The van der Waals surface area contributed by atoms with Crippen molar-refractivity contribution in [3.63, 3.8) is 0 Å². The van der Waals surface area contributed by atoms with Gasteiger partial charge in [0.15, 0.2) is 0 Å². The van der Waals surface area contributed by atoms with Gasteiger partial charge < -0.3 is 15.8 Å². The average molecular weight is 321 g/mol. The van der Waals surface area contributed by atoms with Crippen molar-refractivity contribution in [1.29, 1.82) is 0 Å². The quantitative estimate of drug-likeness (QED) is 0.636. The Bertz CT molecular complexity index is 661. The number of hydrogen-bond acceptors (Lipinski definition) is 3. The molecule has 0 saturated carbocycles. The van der Waals surface area contributed by atoms with Crippen LogP contribution in [0.1, 0.15) is 0 Å². The minimum Gasteiger partial charge on any atom is -0.406 e. The Balaban J connectivity index is 2.24. The number of ether oxygens (including phenoxy) is 1. The molecule has 0 bridgehead atoms. The van der Waals surface area contributed by atoms with Crippen LogP contribution >= 0.6 is 11.6 Å². The van der Waals surface area contributed by atoms with Gasteiger partial charge in [-0.25, -0.2) is 4.39 Å². The Morgan fingerprint density at radius 1 is 1.14 bits per heavy atom. The van der Waals surface area contributed by atoms with E-state index < -0.39 is 12.2 Å². The molecule has 0 unspecified atom stereocenters. The number of anilines is 3. The zero-order chi connectivity index (χ0) is 15.6. The molecular formula is C13H9ClF4N2O. The van der Waals surface area contributed by atoms with E-state index in [1.807, 2.05) is 0 Å². The molecule has 0 saturated heterocycles. The lowest BCUT2D eigenvalue weighted by Gasteiger charge is -2.13. The predicted molar refractivity (Wildman–Crippen MR) is 72.2 cm³/mol. The summed E-state index contributed by atoms with van der Waals surface area (Å²) in [6, 6.07) is 7.40. The summed E-state index contributed by atoms with van der Waals surface area (Å²) in [7, 11) is 0. The number of nitrogens with one attached hydrogen (secondary N) is 1. The maximum Gasteiger partial charge on any atom is 0.573 e. The molecule has 0 amide bonds. The molecule has 2 aromatic rings. The highest BCUT2D eigenvalue weighted by molar-refractivity contribution is 6.31. The second-order valence-electron chi connectivity index (χ2n) is 4.05. The number of nitrogen functional groups attached to an aromatic ring is 1. The lowest BCUT2D eigenvalue weighted by molar-refractivity contribution is -0.274. The van der Waals surface area contributed by atoms with Crippen molar-refractivity contribution in [2.45, 2.75) is 6.36 Å². The monoisotopic (exact) mass is 320 g/mol. The van der Waals surface area contributed by atoms with E-state index in [2.05, 4.69) is 10.1 Å². The number of rotatable bonds is 3. The Morgan fingerprint density at radius 2 is 1.86 bits per heavy atom. The van der Waals surface area contributed by atoms with Crippen LogP contribution in [0.5, 0.6) is 5.75 Å². The molecule has 0 atom stereocenters. The summed E-state index contributed by atoms with van der Waals surface area (Å²) in [4.78, 5) is 0. The van der Waals surface area contributed by atoms with Crippen molar-refractivity contribution in [1.82, 2.24) is 0 Å². The van der Waals surface area contributed by atoms with E-state index >= 15 is 0 Å². The van der Waals surface area contributed by atoms with Crippen LogP contribution in [0.3, 0.4) is 0 Å². The lowest BCUT2D eigenvalue weighted by atomic mass is 10.2. The van der Waals surface area contributed by atoms with Gasteiger partial charge in [-0.15, -0.1) is 13.2 Å². The summed E-state index contributed by atoms with van der Waals surface area (Å²) in [6.07, 6.45) is -4.78. The smallest absolute Gasteiger partial charge is 0.406 e. The molecule has 2 rings (SSSR count). The van der Waals surface area contributed by atoms with E-state index in [4.69, 9.17) is 17.3 Å². The Labute approximate surface area is 122 Å². The van der Waals surface area contributed by atoms with Crippen LogP contribution in [0.25, 0.3) is 0 Å². The summed E-state index contributed by atoms with van der Waals surface area (Å²) >= 11 is 5.63. The van der Waals surface area contributed by atoms with Crippen molar-refractivity contribution in [2.75, 3.05) is 11.1 Å². The zero-order valence-corrected chi connectivity index (χ0v) is 11.1. The van der Waals surface area contributed by atoms with Gasteiger partial charge in [0, 0.05) is 17.8 Å². The van der Waals surface area contributed by atoms with Gasteiger partial charge in [-0.2, -0.15) is 0 Å². The van der Waals surface area contributed by atoms with Crippen LogP contribution in [0.4, 0.5) is 34.6 Å². The van der Waals surface area contributed by atoms with Gasteiger partial charge in [0.25, 0.3) is 0 Å². The maximum absolute atomic E-state index is 13.2. The topological polar surface area (TPSA) is 47.3 Å². The highest BCUT2D eigenvalue weighted by Crippen LogP contribution is 2.31. The number of nitrogens with two attached hydrogens (primary N) is 1. The van der Waals surface area contributed by atoms with Crippen LogP contribution in [0, 0.1) is 5.82 Å². The molecule has 3 nitrogen and oxygen atoms in total. The van der Waals surface area contributed by atoms with Gasteiger partial charge in [0.05, 0.1) is 16.4 Å². The summed E-state index contributed by atoms with van der Waals surface area (Å²) in [5.41, 5.74) is 6.23. The molecule has 3 N–H and O–H groups in total. The molecule has 0 aromatic heterocycles. The van der Waals surface area contributed by atoms with Gasteiger partial charge in [-0.05, 0) is 18.2 Å². The molecule has 112 valence electrons. The first-order valence-electron chi connectivity index (χ1n) is 5.62. The van der Waals surface area contributed by atoms with Gasteiger partial charge >= 0.3 is 6.36 Å². The highest BCUT2D eigenvalue weighted by Gasteiger charge is 2.31. The first-order valence-corrected chi connectivity index (χ1v) is 6.00. The third-order valence-corrected chi connectivity index (χ3v) is 2.73. The second-order valence-corrected chi connectivity index (χ2v) is 4.46. The molecule has 0 spiro atoms. The third-order valence-electron chi connectivity index (χ3n) is 2.44. The fraction of sp³-hybridized carbons (Fsp3) is 0.0769. The van der Waals surface area contributed by atoms with E-state index in [0.717, 1.165) is 18.2 Å². The Morgan fingerprint density at radius 3 is 2.52 bits per heavy atom. The van der Waals surface area contributed by atoms with Crippen molar-refractivity contribution >= 4 is 28.7 Å². The standard InChI is InChI=1S/C13H9ClF4N2O/c14-9-5-12(11(19)6-10(9)15)20-7-2-1-3-8(4-7)21-13(16,17)18/h1-6,20H,19H2. The molecule has 0 fully saturated rings. The van der Waals surface area contributed by atoms with Gasteiger partial charge in [-0.3, -0.25) is 0 Å². The van der Waals surface area contributed by atoms with Crippen LogP contribution in [-0.2, 0) is 0 Å². The number of alkyl halides is 3. The van der Waals surface area contributed by atoms with E-state index in [-0.39, 0.29) is 27.8 Å². The van der Waals surface area contributed by atoms with Crippen LogP contribution in [-0.4, -0.2) is 6.36 Å². The SMILES string of the molecule is Nc1cc(F)c(Cl)cc1Nc1cccc(OC(F)(F)F)c1. The molecule has 0 aliphatic carbocycles. The minimum atomic E-state index is -4.78. The van der Waals surface area contributed by atoms with Gasteiger partial charge in [0.1, 0.15) is 11.6 Å². The van der Waals surface area contributed by atoms with Gasteiger partial charge in [0.2, 0.25) is 0 Å². The molecule has 0 aliphatic heterocycles.